The van der Waals surface area contributed by atoms with Crippen molar-refractivity contribution in [3.63, 3.8) is 0 Å². The fourth-order valence-corrected chi connectivity index (χ4v) is 8.52. The summed E-state index contributed by atoms with van der Waals surface area (Å²) in [7, 11) is -5.57. The second kappa shape index (κ2) is 8.56. The van der Waals surface area contributed by atoms with Gasteiger partial charge in [0, 0.05) is 38.1 Å². The van der Waals surface area contributed by atoms with Crippen molar-refractivity contribution >= 4 is 35.2 Å². The van der Waals surface area contributed by atoms with Gasteiger partial charge in [-0.15, -0.1) is 0 Å². The van der Waals surface area contributed by atoms with Gasteiger partial charge in [0.1, 0.15) is 8.24 Å². The van der Waals surface area contributed by atoms with E-state index in [-0.39, 0.29) is 5.04 Å². The standard InChI is InChI=1S/C20H36N6O2SSi/c1-7-26-19-17(15-23-26)18(8-11-21-19)22-14-16-9-12-25(13-10-16)29(27,28)24-30(5,6)20(2,3)4/h8,11,15-16,24H,7,9-10,12-14H2,1-6H3,(H,21,22). The van der Waals surface area contributed by atoms with E-state index in [1.165, 1.54) is 0 Å². The number of fused-ring (bicyclic) bond motifs is 1. The Morgan fingerprint density at radius 1 is 1.23 bits per heavy atom. The fourth-order valence-electron chi connectivity index (χ4n) is 3.51. The minimum absolute atomic E-state index is 0.0379. The molecule has 0 aromatic carbocycles. The molecule has 1 fully saturated rings. The van der Waals surface area contributed by atoms with Crippen LogP contribution in [0.4, 0.5) is 5.69 Å². The van der Waals surface area contributed by atoms with Gasteiger partial charge in [-0.2, -0.15) is 17.8 Å². The topological polar surface area (TPSA) is 92.2 Å². The van der Waals surface area contributed by atoms with E-state index < -0.39 is 18.4 Å². The summed E-state index contributed by atoms with van der Waals surface area (Å²) in [6, 6.07) is 1.98. The lowest BCUT2D eigenvalue weighted by atomic mass is 9.98. The molecular formula is C20H36N6O2SSi. The number of anilines is 1. The summed E-state index contributed by atoms with van der Waals surface area (Å²) in [4.78, 5) is 4.43. The van der Waals surface area contributed by atoms with E-state index in [4.69, 9.17) is 0 Å². The molecule has 10 heteroatoms. The summed E-state index contributed by atoms with van der Waals surface area (Å²) in [5.74, 6) is 0.439. The molecule has 1 aliphatic heterocycles. The van der Waals surface area contributed by atoms with Crippen LogP contribution in [0.3, 0.4) is 0 Å². The van der Waals surface area contributed by atoms with Crippen LogP contribution in [0.15, 0.2) is 18.5 Å². The maximum absolute atomic E-state index is 12.9. The Morgan fingerprint density at radius 3 is 2.50 bits per heavy atom. The lowest BCUT2D eigenvalue weighted by Gasteiger charge is -2.39. The molecule has 0 radical (unpaired) electrons. The molecule has 3 rings (SSSR count). The molecule has 0 unspecified atom stereocenters. The highest BCUT2D eigenvalue weighted by atomic mass is 32.2. The van der Waals surface area contributed by atoms with E-state index in [2.05, 4.69) is 60.6 Å². The van der Waals surface area contributed by atoms with Crippen LogP contribution in [0, 0.1) is 5.92 Å². The Morgan fingerprint density at radius 2 is 1.90 bits per heavy atom. The Hall–Kier alpha value is -1.49. The van der Waals surface area contributed by atoms with Crippen LogP contribution in [0.1, 0.15) is 40.5 Å². The van der Waals surface area contributed by atoms with Crippen molar-refractivity contribution in [2.45, 2.75) is 65.2 Å². The molecule has 1 saturated heterocycles. The minimum Gasteiger partial charge on any atom is -0.384 e. The summed E-state index contributed by atoms with van der Waals surface area (Å²) in [5.41, 5.74) is 1.93. The van der Waals surface area contributed by atoms with Crippen molar-refractivity contribution in [3.8, 4) is 0 Å². The highest BCUT2D eigenvalue weighted by Gasteiger charge is 2.41. The number of hydrogen-bond donors (Lipinski definition) is 2. The first-order chi connectivity index (χ1) is 13.9. The number of piperidine rings is 1. The van der Waals surface area contributed by atoms with Crippen LogP contribution >= 0.6 is 0 Å². The van der Waals surface area contributed by atoms with Crippen LogP contribution in [-0.4, -0.2) is 55.4 Å². The smallest absolute Gasteiger partial charge is 0.273 e. The highest BCUT2D eigenvalue weighted by Crippen LogP contribution is 2.35. The zero-order valence-corrected chi connectivity index (χ0v) is 20.9. The lowest BCUT2D eigenvalue weighted by Crippen LogP contribution is -2.59. The van der Waals surface area contributed by atoms with Gasteiger partial charge in [-0.05, 0) is 36.8 Å². The Kier molecular flexibility index (Phi) is 6.62. The average molecular weight is 453 g/mol. The van der Waals surface area contributed by atoms with E-state index in [0.717, 1.165) is 42.7 Å². The van der Waals surface area contributed by atoms with E-state index in [9.17, 15) is 8.42 Å². The molecule has 0 atom stereocenters. The van der Waals surface area contributed by atoms with Crippen molar-refractivity contribution in [1.29, 1.82) is 0 Å². The minimum atomic E-state index is -3.44. The Balaban J connectivity index is 1.57. The first kappa shape index (κ1) is 23.2. The van der Waals surface area contributed by atoms with Gasteiger partial charge >= 0.3 is 0 Å². The summed E-state index contributed by atoms with van der Waals surface area (Å²) < 4.78 is 32.4. The SMILES string of the molecule is CCn1ncc2c(NCC3CCN(S(=O)(=O)N[Si](C)(C)C(C)(C)C)CC3)ccnc21. The third-order valence-corrected chi connectivity index (χ3v) is 14.5. The zero-order chi connectivity index (χ0) is 22.2. The molecular weight excluding hydrogens is 416 g/mol. The molecule has 0 saturated carbocycles. The van der Waals surface area contributed by atoms with E-state index >= 15 is 0 Å². The quantitative estimate of drug-likeness (QED) is 0.628. The van der Waals surface area contributed by atoms with Crippen molar-refractivity contribution in [2.75, 3.05) is 25.0 Å². The number of nitrogens with zero attached hydrogens (tertiary/aromatic N) is 4. The van der Waals surface area contributed by atoms with E-state index in [1.807, 2.05) is 16.9 Å². The normalized spacial score (nSPS) is 17.5. The van der Waals surface area contributed by atoms with Crippen molar-refractivity contribution in [1.82, 2.24) is 23.5 Å². The van der Waals surface area contributed by atoms with Gasteiger partial charge in [0.2, 0.25) is 0 Å². The van der Waals surface area contributed by atoms with E-state index in [1.54, 1.807) is 10.5 Å². The van der Waals surface area contributed by atoms with Gasteiger partial charge in [0.15, 0.2) is 5.65 Å². The molecule has 30 heavy (non-hydrogen) atoms. The van der Waals surface area contributed by atoms with Gasteiger partial charge in [-0.3, -0.25) is 0 Å². The summed E-state index contributed by atoms with van der Waals surface area (Å²) in [6.07, 6.45) is 5.37. The second-order valence-corrected chi connectivity index (χ2v) is 16.8. The van der Waals surface area contributed by atoms with Gasteiger partial charge in [0.25, 0.3) is 10.2 Å². The van der Waals surface area contributed by atoms with Crippen LogP contribution in [-0.2, 0) is 16.8 Å². The van der Waals surface area contributed by atoms with Crippen molar-refractivity contribution in [2.24, 2.45) is 5.92 Å². The average Bonchev–Trinajstić information content (AvgIpc) is 3.09. The second-order valence-electron chi connectivity index (χ2n) is 9.76. The van der Waals surface area contributed by atoms with Gasteiger partial charge in [-0.25, -0.2) is 14.1 Å². The van der Waals surface area contributed by atoms with E-state index in [0.29, 0.717) is 19.0 Å². The van der Waals surface area contributed by atoms with Gasteiger partial charge in [-0.1, -0.05) is 33.9 Å². The van der Waals surface area contributed by atoms with Crippen LogP contribution in [0.2, 0.25) is 18.1 Å². The first-order valence-corrected chi connectivity index (χ1v) is 15.2. The molecule has 2 aromatic rings. The highest BCUT2D eigenvalue weighted by molar-refractivity contribution is 7.88. The van der Waals surface area contributed by atoms with Crippen LogP contribution in [0.5, 0.6) is 0 Å². The largest absolute Gasteiger partial charge is 0.384 e. The van der Waals surface area contributed by atoms with Gasteiger partial charge < -0.3 is 5.32 Å². The molecule has 0 aliphatic carbocycles. The molecule has 1 aliphatic rings. The summed E-state index contributed by atoms with van der Waals surface area (Å²) >= 11 is 0. The Labute approximate surface area is 181 Å². The Bertz CT molecular complexity index is 975. The van der Waals surface area contributed by atoms with Crippen molar-refractivity contribution < 1.29 is 8.42 Å². The molecule has 8 nitrogen and oxygen atoms in total. The number of pyridine rings is 1. The molecule has 2 aromatic heterocycles. The lowest BCUT2D eigenvalue weighted by molar-refractivity contribution is 0.281. The van der Waals surface area contributed by atoms with Crippen LogP contribution < -0.4 is 9.70 Å². The predicted molar refractivity (Wildman–Crippen MR) is 125 cm³/mol. The molecule has 168 valence electrons. The first-order valence-electron chi connectivity index (χ1n) is 10.8. The maximum atomic E-state index is 12.9. The number of aromatic nitrogens is 3. The number of rotatable bonds is 7. The van der Waals surface area contributed by atoms with Crippen LogP contribution in [0.25, 0.3) is 11.0 Å². The van der Waals surface area contributed by atoms with Gasteiger partial charge in [0.05, 0.1) is 11.6 Å². The molecule has 3 heterocycles. The molecule has 0 bridgehead atoms. The summed E-state index contributed by atoms with van der Waals surface area (Å²) in [5, 5.41) is 8.91. The fraction of sp³-hybridized carbons (Fsp3) is 0.700. The predicted octanol–water partition coefficient (Wildman–Crippen LogP) is 3.41. The maximum Gasteiger partial charge on any atom is 0.273 e. The monoisotopic (exact) mass is 452 g/mol. The van der Waals surface area contributed by atoms with Crippen molar-refractivity contribution in [3.05, 3.63) is 18.5 Å². The summed E-state index contributed by atoms with van der Waals surface area (Å²) in [6.45, 7) is 15.3. The number of nitrogens with one attached hydrogen (secondary N) is 2. The molecule has 2 N–H and O–H groups in total. The zero-order valence-electron chi connectivity index (χ0n) is 19.1. The molecule has 0 amide bonds. The number of hydrogen-bond acceptors (Lipinski definition) is 5. The third kappa shape index (κ3) is 4.87. The third-order valence-electron chi connectivity index (χ3n) is 6.59. The molecule has 0 spiro atoms. The number of aryl methyl sites for hydroxylation is 1.